The Morgan fingerprint density at radius 3 is 2.89 bits per heavy atom. The maximum absolute atomic E-state index is 6.24. The van der Waals surface area contributed by atoms with Crippen LogP contribution in [0.15, 0.2) is 36.0 Å². The first-order valence-electron chi connectivity index (χ1n) is 9.10. The lowest BCUT2D eigenvalue weighted by Crippen LogP contribution is -2.39. The topological polar surface area (TPSA) is 61.9 Å². The molecule has 1 saturated heterocycles. The SMILES string of the molecule is Clc1ccc(C2NNC3CCC(Nc4ncnc5sccc45)CC32)cc1Cl. The molecule has 140 valence electrons. The first-order chi connectivity index (χ1) is 13.2. The van der Waals surface area contributed by atoms with Crippen molar-refractivity contribution in [3.8, 4) is 0 Å². The fourth-order valence-electron chi connectivity index (χ4n) is 4.32. The second-order valence-corrected chi connectivity index (χ2v) is 8.94. The van der Waals surface area contributed by atoms with Crippen LogP contribution in [0.25, 0.3) is 10.2 Å². The normalized spacial score (nSPS) is 27.6. The van der Waals surface area contributed by atoms with E-state index in [4.69, 9.17) is 23.2 Å². The number of halogens is 2. The average molecular weight is 420 g/mol. The van der Waals surface area contributed by atoms with Gasteiger partial charge in [0, 0.05) is 12.1 Å². The maximum Gasteiger partial charge on any atom is 0.138 e. The molecule has 27 heavy (non-hydrogen) atoms. The molecule has 4 unspecified atom stereocenters. The number of hydrogen-bond donors (Lipinski definition) is 3. The van der Waals surface area contributed by atoms with E-state index in [2.05, 4.69) is 43.6 Å². The summed E-state index contributed by atoms with van der Waals surface area (Å²) in [6, 6.07) is 9.08. The molecule has 4 atom stereocenters. The van der Waals surface area contributed by atoms with Crippen LogP contribution in [-0.4, -0.2) is 22.1 Å². The molecule has 0 amide bonds. The Bertz CT molecular complexity index is 978. The summed E-state index contributed by atoms with van der Waals surface area (Å²) in [7, 11) is 0. The highest BCUT2D eigenvalue weighted by molar-refractivity contribution is 7.16. The predicted octanol–water partition coefficient (Wildman–Crippen LogP) is 4.80. The Kier molecular flexibility index (Phi) is 4.70. The molecular weight excluding hydrogens is 401 g/mol. The van der Waals surface area contributed by atoms with E-state index < -0.39 is 0 Å². The second-order valence-electron chi connectivity index (χ2n) is 7.23. The molecule has 3 aromatic rings. The number of hydrogen-bond acceptors (Lipinski definition) is 6. The minimum absolute atomic E-state index is 0.223. The van der Waals surface area contributed by atoms with Gasteiger partial charge in [-0.2, -0.15) is 0 Å². The summed E-state index contributed by atoms with van der Waals surface area (Å²) in [6.07, 6.45) is 4.93. The van der Waals surface area contributed by atoms with Gasteiger partial charge in [-0.1, -0.05) is 29.3 Å². The van der Waals surface area contributed by atoms with Crippen LogP contribution in [0.4, 0.5) is 5.82 Å². The molecule has 0 bridgehead atoms. The van der Waals surface area contributed by atoms with Gasteiger partial charge >= 0.3 is 0 Å². The Morgan fingerprint density at radius 2 is 2.00 bits per heavy atom. The molecule has 3 N–H and O–H groups in total. The van der Waals surface area contributed by atoms with Crippen LogP contribution in [0, 0.1) is 5.92 Å². The molecule has 2 fully saturated rings. The highest BCUT2D eigenvalue weighted by atomic mass is 35.5. The Morgan fingerprint density at radius 1 is 1.07 bits per heavy atom. The highest BCUT2D eigenvalue weighted by Gasteiger charge is 2.41. The number of nitrogens with one attached hydrogen (secondary N) is 3. The van der Waals surface area contributed by atoms with E-state index in [-0.39, 0.29) is 6.04 Å². The lowest BCUT2D eigenvalue weighted by Gasteiger charge is -2.34. The van der Waals surface area contributed by atoms with Gasteiger partial charge in [0.1, 0.15) is 17.0 Å². The predicted molar refractivity (Wildman–Crippen MR) is 111 cm³/mol. The lowest BCUT2D eigenvalue weighted by atomic mass is 9.77. The number of anilines is 1. The Labute approximate surface area is 171 Å². The van der Waals surface area contributed by atoms with Crippen LogP contribution in [0.5, 0.6) is 0 Å². The van der Waals surface area contributed by atoms with E-state index in [1.54, 1.807) is 17.7 Å². The second kappa shape index (κ2) is 7.18. The Hall–Kier alpha value is -1.44. The number of aromatic nitrogens is 2. The van der Waals surface area contributed by atoms with Gasteiger partial charge in [-0.15, -0.1) is 11.3 Å². The number of fused-ring (bicyclic) bond motifs is 2. The van der Waals surface area contributed by atoms with Crippen molar-refractivity contribution in [3.05, 3.63) is 51.6 Å². The molecule has 1 saturated carbocycles. The van der Waals surface area contributed by atoms with E-state index in [9.17, 15) is 0 Å². The third-order valence-corrected chi connectivity index (χ3v) is 7.22. The van der Waals surface area contributed by atoms with Crippen molar-refractivity contribution in [1.29, 1.82) is 0 Å². The van der Waals surface area contributed by atoms with E-state index in [0.29, 0.717) is 28.0 Å². The van der Waals surface area contributed by atoms with Crippen molar-refractivity contribution in [2.75, 3.05) is 5.32 Å². The van der Waals surface area contributed by atoms with Crippen LogP contribution in [0.3, 0.4) is 0 Å². The van der Waals surface area contributed by atoms with Crippen LogP contribution in [0.1, 0.15) is 30.9 Å². The number of benzene rings is 1. The van der Waals surface area contributed by atoms with Crippen molar-refractivity contribution in [1.82, 2.24) is 20.8 Å². The summed E-state index contributed by atoms with van der Waals surface area (Å²) in [4.78, 5) is 9.84. The fourth-order valence-corrected chi connectivity index (χ4v) is 5.36. The summed E-state index contributed by atoms with van der Waals surface area (Å²) in [6.45, 7) is 0. The van der Waals surface area contributed by atoms with Crippen molar-refractivity contribution in [3.63, 3.8) is 0 Å². The third-order valence-electron chi connectivity index (χ3n) is 5.66. The zero-order valence-electron chi connectivity index (χ0n) is 14.5. The Balaban J connectivity index is 1.36. The first-order valence-corrected chi connectivity index (χ1v) is 10.7. The van der Waals surface area contributed by atoms with Gasteiger partial charge in [0.25, 0.3) is 0 Å². The van der Waals surface area contributed by atoms with Crippen molar-refractivity contribution >= 4 is 50.6 Å². The van der Waals surface area contributed by atoms with Gasteiger partial charge in [0.05, 0.1) is 21.5 Å². The molecule has 0 radical (unpaired) electrons. The molecule has 5 nitrogen and oxygen atoms in total. The van der Waals surface area contributed by atoms with Crippen molar-refractivity contribution in [2.45, 2.75) is 37.4 Å². The highest BCUT2D eigenvalue weighted by Crippen LogP contribution is 2.40. The molecule has 8 heteroatoms. The minimum Gasteiger partial charge on any atom is -0.367 e. The summed E-state index contributed by atoms with van der Waals surface area (Å²) in [5.74, 6) is 1.42. The molecule has 1 aliphatic carbocycles. The maximum atomic E-state index is 6.24. The summed E-state index contributed by atoms with van der Waals surface area (Å²) in [5, 5.41) is 8.03. The van der Waals surface area contributed by atoms with E-state index >= 15 is 0 Å². The quantitative estimate of drug-likeness (QED) is 0.569. The first kappa shape index (κ1) is 17.6. The minimum atomic E-state index is 0.223. The molecule has 2 aromatic heterocycles. The molecule has 0 spiro atoms. The summed E-state index contributed by atoms with van der Waals surface area (Å²) < 4.78 is 0. The third kappa shape index (κ3) is 3.30. The van der Waals surface area contributed by atoms with Crippen LogP contribution in [0.2, 0.25) is 10.0 Å². The molecule has 3 heterocycles. The zero-order valence-corrected chi connectivity index (χ0v) is 16.8. The lowest BCUT2D eigenvalue weighted by molar-refractivity contribution is 0.289. The van der Waals surface area contributed by atoms with Gasteiger partial charge in [-0.3, -0.25) is 5.43 Å². The zero-order chi connectivity index (χ0) is 18.4. The smallest absolute Gasteiger partial charge is 0.138 e. The van der Waals surface area contributed by atoms with Gasteiger partial charge in [0.15, 0.2) is 0 Å². The van der Waals surface area contributed by atoms with Crippen molar-refractivity contribution in [2.24, 2.45) is 5.92 Å². The van der Waals surface area contributed by atoms with Crippen LogP contribution in [-0.2, 0) is 0 Å². The van der Waals surface area contributed by atoms with Gasteiger partial charge in [0.2, 0.25) is 0 Å². The average Bonchev–Trinajstić information content (AvgIpc) is 3.31. The number of thiophene rings is 1. The van der Waals surface area contributed by atoms with E-state index in [1.165, 1.54) is 5.56 Å². The molecule has 1 aromatic carbocycles. The largest absolute Gasteiger partial charge is 0.367 e. The fraction of sp³-hybridized carbons (Fsp3) is 0.368. The number of hydrazine groups is 1. The van der Waals surface area contributed by atoms with Crippen LogP contribution >= 0.6 is 34.5 Å². The summed E-state index contributed by atoms with van der Waals surface area (Å²) >= 11 is 14.0. The standard InChI is InChI=1S/C19H19Cl2N5S/c20-14-3-1-10(7-15(14)21)17-13-8-11(2-4-16(13)25-26-17)24-18-12-5-6-27-19(12)23-9-22-18/h1,3,5-7,9,11,13,16-17,25-26H,2,4,8H2,(H,22,23,24). The number of rotatable bonds is 3. The van der Waals surface area contributed by atoms with Crippen LogP contribution < -0.4 is 16.2 Å². The van der Waals surface area contributed by atoms with E-state index in [1.807, 2.05) is 12.1 Å². The van der Waals surface area contributed by atoms with Gasteiger partial charge in [-0.05, 0) is 54.3 Å². The number of nitrogens with zero attached hydrogens (tertiary/aromatic N) is 2. The van der Waals surface area contributed by atoms with Gasteiger partial charge < -0.3 is 5.32 Å². The molecule has 2 aliphatic rings. The van der Waals surface area contributed by atoms with Crippen molar-refractivity contribution < 1.29 is 0 Å². The summed E-state index contributed by atoms with van der Waals surface area (Å²) in [5.41, 5.74) is 8.11. The van der Waals surface area contributed by atoms with Gasteiger partial charge in [-0.25, -0.2) is 15.4 Å². The molecule has 1 aliphatic heterocycles. The molecular formula is C19H19Cl2N5S. The molecule has 5 rings (SSSR count). The monoisotopic (exact) mass is 419 g/mol. The van der Waals surface area contributed by atoms with E-state index in [0.717, 1.165) is 35.3 Å².